The first-order valence-corrected chi connectivity index (χ1v) is 8.73. The molecular weight excluding hydrogens is 310 g/mol. The fourth-order valence-corrected chi connectivity index (χ4v) is 4.29. The molecule has 0 saturated heterocycles. The largest absolute Gasteiger partial charge is 0.465 e. The molecule has 1 fully saturated rings. The Labute approximate surface area is 140 Å². The molecule has 5 heteroatoms. The molecule has 23 heavy (non-hydrogen) atoms. The Morgan fingerprint density at radius 3 is 2.83 bits per heavy atom. The second-order valence-corrected chi connectivity index (χ2v) is 7.19. The topological polar surface area (TPSA) is 48.4 Å². The number of hydrogen-bond donors (Lipinski definition) is 0. The number of nitrogens with zero attached hydrogens (tertiary/aromatic N) is 1. The summed E-state index contributed by atoms with van der Waals surface area (Å²) in [6.45, 7) is 2.85. The summed E-state index contributed by atoms with van der Waals surface area (Å²) < 4.78 is 10.1. The Balaban J connectivity index is 1.95. The molecule has 0 amide bonds. The van der Waals surface area contributed by atoms with E-state index >= 15 is 0 Å². The molecule has 3 rings (SSSR count). The summed E-state index contributed by atoms with van der Waals surface area (Å²) >= 11 is 1.63. The van der Waals surface area contributed by atoms with E-state index in [1.54, 1.807) is 25.1 Å². The summed E-state index contributed by atoms with van der Waals surface area (Å²) in [6, 6.07) is 8.12. The summed E-state index contributed by atoms with van der Waals surface area (Å²) in [6.07, 6.45) is 4.62. The Hall–Kier alpha value is -1.59. The monoisotopic (exact) mass is 331 g/mol. The zero-order valence-electron chi connectivity index (χ0n) is 13.5. The maximum absolute atomic E-state index is 12.4. The quantitative estimate of drug-likeness (QED) is 0.750. The van der Waals surface area contributed by atoms with Crippen molar-refractivity contribution in [3.05, 3.63) is 36.0 Å². The molecule has 0 unspecified atom stereocenters. The minimum Gasteiger partial charge on any atom is -0.465 e. The van der Waals surface area contributed by atoms with Crippen LogP contribution in [0.3, 0.4) is 0 Å². The van der Waals surface area contributed by atoms with E-state index in [0.717, 1.165) is 40.6 Å². The predicted molar refractivity (Wildman–Crippen MR) is 91.5 cm³/mol. The van der Waals surface area contributed by atoms with Crippen LogP contribution in [0.15, 0.2) is 35.4 Å². The molecule has 1 aromatic heterocycles. The van der Waals surface area contributed by atoms with Crippen molar-refractivity contribution in [3.8, 4) is 0 Å². The first-order valence-electron chi connectivity index (χ1n) is 7.91. The van der Waals surface area contributed by atoms with Gasteiger partial charge in [0, 0.05) is 23.6 Å². The second-order valence-electron chi connectivity index (χ2n) is 5.76. The van der Waals surface area contributed by atoms with Gasteiger partial charge in [0.25, 0.3) is 0 Å². The third-order valence-electron chi connectivity index (χ3n) is 4.19. The number of carbonyl (C=O) groups is 1. The SMILES string of the molecule is CCOC(=O)C1(Sc2ccnc3ccc(COC)cc23)CCC1. The van der Waals surface area contributed by atoms with E-state index in [-0.39, 0.29) is 5.97 Å². The number of thioether (sulfide) groups is 1. The predicted octanol–water partition coefficient (Wildman–Crippen LogP) is 3.96. The van der Waals surface area contributed by atoms with Gasteiger partial charge in [-0.3, -0.25) is 9.78 Å². The highest BCUT2D eigenvalue weighted by Crippen LogP contribution is 2.49. The lowest BCUT2D eigenvalue weighted by Crippen LogP contribution is -2.43. The highest BCUT2D eigenvalue weighted by atomic mass is 32.2. The molecule has 1 aliphatic carbocycles. The minimum atomic E-state index is -0.429. The Morgan fingerprint density at radius 2 is 2.17 bits per heavy atom. The molecule has 122 valence electrons. The summed E-state index contributed by atoms with van der Waals surface area (Å²) in [7, 11) is 1.69. The van der Waals surface area contributed by atoms with Crippen LogP contribution in [0.2, 0.25) is 0 Å². The van der Waals surface area contributed by atoms with Crippen LogP contribution in [0.25, 0.3) is 10.9 Å². The summed E-state index contributed by atoms with van der Waals surface area (Å²) in [5.41, 5.74) is 2.04. The van der Waals surface area contributed by atoms with Crippen molar-refractivity contribution in [3.63, 3.8) is 0 Å². The van der Waals surface area contributed by atoms with Gasteiger partial charge >= 0.3 is 5.97 Å². The Morgan fingerprint density at radius 1 is 1.35 bits per heavy atom. The molecule has 0 radical (unpaired) electrons. The molecule has 1 heterocycles. The van der Waals surface area contributed by atoms with E-state index in [4.69, 9.17) is 9.47 Å². The standard InChI is InChI=1S/C18H21NO3S/c1-3-22-17(20)18(8-4-9-18)23-16-7-10-19-15-6-5-13(12-21-2)11-14(15)16/h5-7,10-11H,3-4,8-9,12H2,1-2H3. The van der Waals surface area contributed by atoms with E-state index in [1.807, 2.05) is 25.1 Å². The summed E-state index contributed by atoms with van der Waals surface area (Å²) in [5, 5.41) is 1.07. The normalized spacial score (nSPS) is 16.1. The van der Waals surface area contributed by atoms with Crippen LogP contribution in [0.5, 0.6) is 0 Å². The van der Waals surface area contributed by atoms with Crippen LogP contribution < -0.4 is 0 Å². The van der Waals surface area contributed by atoms with Crippen LogP contribution in [-0.2, 0) is 20.9 Å². The van der Waals surface area contributed by atoms with Crippen LogP contribution in [-0.4, -0.2) is 29.4 Å². The smallest absolute Gasteiger partial charge is 0.322 e. The first-order chi connectivity index (χ1) is 11.2. The summed E-state index contributed by atoms with van der Waals surface area (Å²) in [4.78, 5) is 17.9. The molecule has 0 bridgehead atoms. The lowest BCUT2D eigenvalue weighted by atomic mass is 9.84. The Bertz CT molecular complexity index is 712. The number of rotatable bonds is 6. The molecule has 1 aliphatic rings. The van der Waals surface area contributed by atoms with Crippen molar-refractivity contribution in [2.75, 3.05) is 13.7 Å². The average molecular weight is 331 g/mol. The van der Waals surface area contributed by atoms with Gasteiger partial charge in [-0.15, -0.1) is 11.8 Å². The maximum Gasteiger partial charge on any atom is 0.322 e. The highest BCUT2D eigenvalue weighted by molar-refractivity contribution is 8.01. The number of pyridine rings is 1. The van der Waals surface area contributed by atoms with Gasteiger partial charge in [0.2, 0.25) is 0 Å². The zero-order valence-corrected chi connectivity index (χ0v) is 14.3. The number of aromatic nitrogens is 1. The van der Waals surface area contributed by atoms with E-state index < -0.39 is 4.75 Å². The van der Waals surface area contributed by atoms with Crippen LogP contribution in [0.4, 0.5) is 0 Å². The molecule has 1 aromatic carbocycles. The fraction of sp³-hybridized carbons (Fsp3) is 0.444. The van der Waals surface area contributed by atoms with Gasteiger partial charge in [0.05, 0.1) is 18.7 Å². The Kier molecular flexibility index (Phi) is 4.87. The molecule has 0 atom stereocenters. The number of esters is 1. The van der Waals surface area contributed by atoms with Gasteiger partial charge in [-0.25, -0.2) is 0 Å². The van der Waals surface area contributed by atoms with Gasteiger partial charge < -0.3 is 9.47 Å². The van der Waals surface area contributed by atoms with Gasteiger partial charge in [-0.2, -0.15) is 0 Å². The molecular formula is C18H21NO3S. The third-order valence-corrected chi connectivity index (χ3v) is 5.73. The number of benzene rings is 1. The van der Waals surface area contributed by atoms with Crippen molar-refractivity contribution in [1.82, 2.24) is 4.98 Å². The van der Waals surface area contributed by atoms with Crippen molar-refractivity contribution in [2.24, 2.45) is 0 Å². The molecule has 4 nitrogen and oxygen atoms in total. The van der Waals surface area contributed by atoms with Crippen LogP contribution in [0.1, 0.15) is 31.7 Å². The van der Waals surface area contributed by atoms with Gasteiger partial charge in [-0.1, -0.05) is 6.07 Å². The molecule has 0 spiro atoms. The van der Waals surface area contributed by atoms with Crippen LogP contribution in [0, 0.1) is 0 Å². The lowest BCUT2D eigenvalue weighted by Gasteiger charge is -2.38. The van der Waals surface area contributed by atoms with E-state index in [9.17, 15) is 4.79 Å². The number of carbonyl (C=O) groups excluding carboxylic acids is 1. The summed E-state index contributed by atoms with van der Waals surface area (Å²) in [5.74, 6) is -0.0886. The van der Waals surface area contributed by atoms with Crippen molar-refractivity contribution in [1.29, 1.82) is 0 Å². The number of ether oxygens (including phenoxy) is 2. The van der Waals surface area contributed by atoms with E-state index in [2.05, 4.69) is 11.1 Å². The van der Waals surface area contributed by atoms with Gasteiger partial charge in [0.15, 0.2) is 0 Å². The number of methoxy groups -OCH3 is 1. The van der Waals surface area contributed by atoms with Crippen LogP contribution >= 0.6 is 11.8 Å². The molecule has 1 saturated carbocycles. The number of hydrogen-bond acceptors (Lipinski definition) is 5. The van der Waals surface area contributed by atoms with Crippen molar-refractivity contribution < 1.29 is 14.3 Å². The fourth-order valence-electron chi connectivity index (χ4n) is 2.83. The van der Waals surface area contributed by atoms with E-state index in [1.165, 1.54) is 0 Å². The van der Waals surface area contributed by atoms with Crippen molar-refractivity contribution >= 4 is 28.6 Å². The minimum absolute atomic E-state index is 0.0886. The third kappa shape index (κ3) is 3.21. The molecule has 2 aromatic rings. The van der Waals surface area contributed by atoms with Gasteiger partial charge in [0.1, 0.15) is 4.75 Å². The van der Waals surface area contributed by atoms with Gasteiger partial charge in [-0.05, 0) is 49.9 Å². The zero-order chi connectivity index (χ0) is 16.3. The lowest BCUT2D eigenvalue weighted by molar-refractivity contribution is -0.148. The molecule has 0 aliphatic heterocycles. The van der Waals surface area contributed by atoms with Crippen molar-refractivity contribution in [2.45, 2.75) is 42.4 Å². The van der Waals surface area contributed by atoms with E-state index in [0.29, 0.717) is 13.2 Å². The maximum atomic E-state index is 12.4. The molecule has 0 N–H and O–H groups in total. The average Bonchev–Trinajstić information content (AvgIpc) is 2.51. The number of fused-ring (bicyclic) bond motifs is 1. The first kappa shape index (κ1) is 16.3. The second kappa shape index (κ2) is 6.89. The highest BCUT2D eigenvalue weighted by Gasteiger charge is 2.46.